The van der Waals surface area contributed by atoms with Crippen molar-refractivity contribution in [2.45, 2.75) is 37.2 Å². The Labute approximate surface area is 162 Å². The summed E-state index contributed by atoms with van der Waals surface area (Å²) in [6.07, 6.45) is 1.76. The molecule has 1 heterocycles. The summed E-state index contributed by atoms with van der Waals surface area (Å²) in [6.45, 7) is 2.05. The molecular weight excluding hydrogens is 386 g/mol. The lowest BCUT2D eigenvalue weighted by Gasteiger charge is -2.08. The molecule has 0 aliphatic heterocycles. The fourth-order valence-electron chi connectivity index (χ4n) is 2.34. The van der Waals surface area contributed by atoms with Crippen molar-refractivity contribution in [3.05, 3.63) is 51.7 Å². The number of hydrogen-bond donors (Lipinski definition) is 3. The molecular formula is C18H21N3O4S2. The largest absolute Gasteiger partial charge is 0.350 e. The zero-order valence-electron chi connectivity index (χ0n) is 14.8. The van der Waals surface area contributed by atoms with Gasteiger partial charge in [-0.25, -0.2) is 13.1 Å². The van der Waals surface area contributed by atoms with Gasteiger partial charge in [-0.05, 0) is 49.6 Å². The number of benzene rings is 1. The van der Waals surface area contributed by atoms with Gasteiger partial charge in [-0.1, -0.05) is 12.1 Å². The topological polar surface area (TPSA) is 104 Å². The molecule has 0 bridgehead atoms. The highest BCUT2D eigenvalue weighted by Gasteiger charge is 2.27. The molecule has 2 aromatic rings. The fraction of sp³-hybridized carbons (Fsp3) is 0.333. The summed E-state index contributed by atoms with van der Waals surface area (Å²) in [5.41, 5.74) is 0.772. The van der Waals surface area contributed by atoms with E-state index < -0.39 is 10.0 Å². The van der Waals surface area contributed by atoms with E-state index in [1.165, 1.54) is 23.5 Å². The Kier molecular flexibility index (Phi) is 5.93. The number of thiophene rings is 1. The molecule has 9 heteroatoms. The van der Waals surface area contributed by atoms with Crippen LogP contribution in [0, 0.1) is 6.92 Å². The third-order valence-corrected chi connectivity index (χ3v) is 6.53. The monoisotopic (exact) mass is 407 g/mol. The van der Waals surface area contributed by atoms with Crippen LogP contribution in [0.2, 0.25) is 0 Å². The molecule has 1 fully saturated rings. The molecule has 0 unspecified atom stereocenters. The number of sulfonamides is 1. The summed E-state index contributed by atoms with van der Waals surface area (Å²) in [6, 6.07) is 10.00. The molecule has 27 heavy (non-hydrogen) atoms. The average Bonchev–Trinajstić information content (AvgIpc) is 3.34. The van der Waals surface area contributed by atoms with Gasteiger partial charge in [0.2, 0.25) is 15.9 Å². The molecule has 0 saturated heterocycles. The van der Waals surface area contributed by atoms with Crippen molar-refractivity contribution >= 4 is 33.2 Å². The lowest BCUT2D eigenvalue weighted by atomic mass is 10.2. The van der Waals surface area contributed by atoms with Gasteiger partial charge in [-0.2, -0.15) is 0 Å². The first-order chi connectivity index (χ1) is 12.8. The Morgan fingerprint density at radius 1 is 1.07 bits per heavy atom. The molecule has 3 rings (SSSR count). The number of aryl methyl sites for hydroxylation is 1. The van der Waals surface area contributed by atoms with E-state index in [0.29, 0.717) is 4.88 Å². The average molecular weight is 408 g/mol. The van der Waals surface area contributed by atoms with Crippen LogP contribution < -0.4 is 15.4 Å². The molecule has 7 nitrogen and oxygen atoms in total. The van der Waals surface area contributed by atoms with E-state index in [-0.39, 0.29) is 35.8 Å². The highest BCUT2D eigenvalue weighted by atomic mass is 32.2. The summed E-state index contributed by atoms with van der Waals surface area (Å²) < 4.78 is 26.8. The first-order valence-electron chi connectivity index (χ1n) is 8.56. The van der Waals surface area contributed by atoms with E-state index >= 15 is 0 Å². The second-order valence-electron chi connectivity index (χ2n) is 6.41. The number of rotatable bonds is 8. The number of amides is 2. The second-order valence-corrected chi connectivity index (χ2v) is 9.41. The molecule has 0 atom stereocenters. The molecule has 1 aliphatic rings. The predicted molar refractivity (Wildman–Crippen MR) is 103 cm³/mol. The maximum absolute atomic E-state index is 12.1. The Hall–Kier alpha value is -2.23. The van der Waals surface area contributed by atoms with Crippen LogP contribution in [0.3, 0.4) is 0 Å². The first-order valence-corrected chi connectivity index (χ1v) is 10.9. The summed E-state index contributed by atoms with van der Waals surface area (Å²) >= 11 is 1.37. The quantitative estimate of drug-likeness (QED) is 0.617. The van der Waals surface area contributed by atoms with Crippen LogP contribution in [0.5, 0.6) is 0 Å². The van der Waals surface area contributed by atoms with E-state index in [1.54, 1.807) is 18.2 Å². The smallest absolute Gasteiger partial charge is 0.261 e. The van der Waals surface area contributed by atoms with Gasteiger partial charge in [0.25, 0.3) is 5.91 Å². The van der Waals surface area contributed by atoms with Gasteiger partial charge in [0.1, 0.15) is 0 Å². The molecule has 1 aromatic heterocycles. The van der Waals surface area contributed by atoms with Gasteiger partial charge < -0.3 is 10.6 Å². The third kappa shape index (κ3) is 5.62. The summed E-state index contributed by atoms with van der Waals surface area (Å²) in [5.74, 6) is -0.593. The summed E-state index contributed by atoms with van der Waals surface area (Å²) in [5, 5.41) is 5.27. The van der Waals surface area contributed by atoms with E-state index in [9.17, 15) is 18.0 Å². The predicted octanol–water partition coefficient (Wildman–Crippen LogP) is 1.54. The maximum atomic E-state index is 12.1. The van der Waals surface area contributed by atoms with Crippen LogP contribution in [-0.2, 0) is 21.4 Å². The van der Waals surface area contributed by atoms with Crippen LogP contribution in [-0.4, -0.2) is 32.8 Å². The van der Waals surface area contributed by atoms with E-state index in [1.807, 2.05) is 13.0 Å². The van der Waals surface area contributed by atoms with Crippen molar-refractivity contribution < 1.29 is 18.0 Å². The highest BCUT2D eigenvalue weighted by Crippen LogP contribution is 2.22. The van der Waals surface area contributed by atoms with Crippen molar-refractivity contribution in [2.75, 3.05) is 6.54 Å². The third-order valence-electron chi connectivity index (χ3n) is 4.00. The molecule has 144 valence electrons. The molecule has 0 spiro atoms. The minimum Gasteiger partial charge on any atom is -0.350 e. The van der Waals surface area contributed by atoms with E-state index in [0.717, 1.165) is 23.3 Å². The first kappa shape index (κ1) is 19.5. The maximum Gasteiger partial charge on any atom is 0.261 e. The fourth-order valence-corrected chi connectivity index (χ4v) is 4.43. The molecule has 0 radical (unpaired) electrons. The standard InChI is InChI=1S/C18H21N3O4S2/c1-12-2-9-16(26-12)18(23)20-11-17(22)19-10-13-3-7-15(8-4-13)27(24,25)21-14-5-6-14/h2-4,7-9,14,21H,5-6,10-11H2,1H3,(H,19,22)(H,20,23). The van der Waals surface area contributed by atoms with Gasteiger partial charge in [0, 0.05) is 17.5 Å². The lowest BCUT2D eigenvalue weighted by Crippen LogP contribution is -2.36. The molecule has 1 saturated carbocycles. The van der Waals surface area contributed by atoms with Gasteiger partial charge in [-0.3, -0.25) is 9.59 Å². The van der Waals surface area contributed by atoms with Crippen molar-refractivity contribution in [1.82, 2.24) is 15.4 Å². The van der Waals surface area contributed by atoms with Crippen molar-refractivity contribution in [1.29, 1.82) is 0 Å². The van der Waals surface area contributed by atoms with E-state index in [2.05, 4.69) is 15.4 Å². The normalized spacial score (nSPS) is 14.0. The van der Waals surface area contributed by atoms with Gasteiger partial charge in [-0.15, -0.1) is 11.3 Å². The highest BCUT2D eigenvalue weighted by molar-refractivity contribution is 7.89. The Bertz CT molecular complexity index is 932. The Morgan fingerprint density at radius 3 is 2.37 bits per heavy atom. The zero-order valence-corrected chi connectivity index (χ0v) is 16.5. The number of hydrogen-bond acceptors (Lipinski definition) is 5. The van der Waals surface area contributed by atoms with Crippen molar-refractivity contribution in [2.24, 2.45) is 0 Å². The minimum atomic E-state index is -3.47. The SMILES string of the molecule is Cc1ccc(C(=O)NCC(=O)NCc2ccc(S(=O)(=O)NC3CC3)cc2)s1. The van der Waals surface area contributed by atoms with E-state index in [4.69, 9.17) is 0 Å². The molecule has 2 amide bonds. The molecule has 1 aliphatic carbocycles. The summed E-state index contributed by atoms with van der Waals surface area (Å²) in [4.78, 5) is 25.6. The number of carbonyl (C=O) groups excluding carboxylic acids is 2. The lowest BCUT2D eigenvalue weighted by molar-refractivity contribution is -0.120. The Balaban J connectivity index is 1.45. The number of nitrogens with one attached hydrogen (secondary N) is 3. The van der Waals surface area contributed by atoms with Gasteiger partial charge in [0.15, 0.2) is 0 Å². The van der Waals surface area contributed by atoms with Crippen molar-refractivity contribution in [3.8, 4) is 0 Å². The van der Waals surface area contributed by atoms with Crippen LogP contribution in [0.25, 0.3) is 0 Å². The zero-order chi connectivity index (χ0) is 19.4. The molecule has 1 aromatic carbocycles. The van der Waals surface area contributed by atoms with Gasteiger partial charge in [0.05, 0.1) is 16.3 Å². The van der Waals surface area contributed by atoms with Crippen LogP contribution in [0.15, 0.2) is 41.3 Å². The second kappa shape index (κ2) is 8.20. The molecule has 3 N–H and O–H groups in total. The minimum absolute atomic E-state index is 0.0577. The van der Waals surface area contributed by atoms with Crippen LogP contribution >= 0.6 is 11.3 Å². The Morgan fingerprint density at radius 2 is 1.78 bits per heavy atom. The summed E-state index contributed by atoms with van der Waals surface area (Å²) in [7, 11) is -3.47. The van der Waals surface area contributed by atoms with Gasteiger partial charge >= 0.3 is 0 Å². The van der Waals surface area contributed by atoms with Crippen molar-refractivity contribution in [3.63, 3.8) is 0 Å². The number of carbonyl (C=O) groups is 2. The van der Waals surface area contributed by atoms with Crippen LogP contribution in [0.4, 0.5) is 0 Å². The van der Waals surface area contributed by atoms with Crippen LogP contribution in [0.1, 0.15) is 33.0 Å².